The van der Waals surface area contributed by atoms with E-state index in [4.69, 9.17) is 5.11 Å². The van der Waals surface area contributed by atoms with Gasteiger partial charge in [0.05, 0.1) is 11.8 Å². The summed E-state index contributed by atoms with van der Waals surface area (Å²) in [6.07, 6.45) is 3.11. The molecule has 2 rings (SSSR count). The van der Waals surface area contributed by atoms with Gasteiger partial charge in [0, 0.05) is 12.6 Å². The Hall–Kier alpha value is -1.10. The third kappa shape index (κ3) is 3.02. The van der Waals surface area contributed by atoms with Crippen LogP contribution in [-0.2, 0) is 9.59 Å². The van der Waals surface area contributed by atoms with E-state index in [0.717, 1.165) is 32.4 Å². The Morgan fingerprint density at radius 1 is 1.28 bits per heavy atom. The van der Waals surface area contributed by atoms with Gasteiger partial charge in [-0.1, -0.05) is 13.3 Å². The van der Waals surface area contributed by atoms with Crippen LogP contribution in [0, 0.1) is 17.8 Å². The molecule has 5 nitrogen and oxygen atoms in total. The molecule has 1 saturated heterocycles. The van der Waals surface area contributed by atoms with Crippen LogP contribution >= 0.6 is 0 Å². The van der Waals surface area contributed by atoms with E-state index in [9.17, 15) is 9.59 Å². The van der Waals surface area contributed by atoms with Crippen LogP contribution < -0.4 is 10.6 Å². The van der Waals surface area contributed by atoms with Gasteiger partial charge in [-0.2, -0.15) is 0 Å². The summed E-state index contributed by atoms with van der Waals surface area (Å²) in [5, 5.41) is 15.3. The third-order valence-corrected chi connectivity index (χ3v) is 4.22. The average Bonchev–Trinajstić information content (AvgIpc) is 2.76. The van der Waals surface area contributed by atoms with Crippen molar-refractivity contribution in [2.24, 2.45) is 17.8 Å². The highest BCUT2D eigenvalue weighted by Gasteiger charge is 2.33. The zero-order chi connectivity index (χ0) is 13.1. The van der Waals surface area contributed by atoms with Gasteiger partial charge in [-0.15, -0.1) is 0 Å². The van der Waals surface area contributed by atoms with Gasteiger partial charge in [0.1, 0.15) is 0 Å². The summed E-state index contributed by atoms with van der Waals surface area (Å²) >= 11 is 0. The van der Waals surface area contributed by atoms with Gasteiger partial charge in [-0.05, 0) is 31.7 Å². The number of amides is 1. The Labute approximate surface area is 107 Å². The van der Waals surface area contributed by atoms with Crippen LogP contribution in [0.5, 0.6) is 0 Å². The van der Waals surface area contributed by atoms with Crippen molar-refractivity contribution >= 4 is 11.9 Å². The second kappa shape index (κ2) is 5.69. The first-order valence-corrected chi connectivity index (χ1v) is 6.82. The number of rotatable bonds is 3. The van der Waals surface area contributed by atoms with E-state index in [2.05, 4.69) is 17.6 Å². The van der Waals surface area contributed by atoms with E-state index in [1.54, 1.807) is 0 Å². The van der Waals surface area contributed by atoms with Gasteiger partial charge in [-0.3, -0.25) is 9.59 Å². The molecule has 1 heterocycles. The molecule has 4 unspecified atom stereocenters. The molecule has 2 aliphatic rings. The average molecular weight is 254 g/mol. The number of hydrogen-bond acceptors (Lipinski definition) is 3. The lowest BCUT2D eigenvalue weighted by molar-refractivity contribution is -0.143. The molecule has 102 valence electrons. The third-order valence-electron chi connectivity index (χ3n) is 4.22. The smallest absolute Gasteiger partial charge is 0.306 e. The topological polar surface area (TPSA) is 78.4 Å². The minimum Gasteiger partial charge on any atom is -0.481 e. The lowest BCUT2D eigenvalue weighted by atomic mass is 9.85. The normalized spacial score (nSPS) is 36.3. The van der Waals surface area contributed by atoms with Crippen molar-refractivity contribution in [1.29, 1.82) is 0 Å². The van der Waals surface area contributed by atoms with Gasteiger partial charge >= 0.3 is 5.97 Å². The molecule has 1 aliphatic heterocycles. The number of nitrogens with one attached hydrogen (secondary N) is 2. The molecule has 1 aliphatic carbocycles. The van der Waals surface area contributed by atoms with E-state index in [1.165, 1.54) is 0 Å². The highest BCUT2D eigenvalue weighted by molar-refractivity contribution is 5.80. The first-order valence-electron chi connectivity index (χ1n) is 6.82. The van der Waals surface area contributed by atoms with Gasteiger partial charge < -0.3 is 15.7 Å². The van der Waals surface area contributed by atoms with Crippen molar-refractivity contribution in [2.75, 3.05) is 13.1 Å². The molecule has 3 N–H and O–H groups in total. The van der Waals surface area contributed by atoms with Crippen molar-refractivity contribution in [3.05, 3.63) is 0 Å². The van der Waals surface area contributed by atoms with Gasteiger partial charge in [0.25, 0.3) is 0 Å². The molecular weight excluding hydrogens is 232 g/mol. The zero-order valence-corrected chi connectivity index (χ0v) is 10.8. The monoisotopic (exact) mass is 254 g/mol. The Balaban J connectivity index is 1.85. The summed E-state index contributed by atoms with van der Waals surface area (Å²) in [5.74, 6) is -0.532. The first-order chi connectivity index (χ1) is 8.58. The molecule has 0 aromatic rings. The maximum absolute atomic E-state index is 12.1. The fourth-order valence-corrected chi connectivity index (χ4v) is 3.01. The predicted octanol–water partition coefficient (Wildman–Crippen LogP) is 0.601. The fraction of sp³-hybridized carbons (Fsp3) is 0.846. The van der Waals surface area contributed by atoms with Crippen LogP contribution in [0.15, 0.2) is 0 Å². The lowest BCUT2D eigenvalue weighted by Gasteiger charge is -2.28. The van der Waals surface area contributed by atoms with Crippen LogP contribution in [0.3, 0.4) is 0 Å². The molecule has 0 spiro atoms. The second-order valence-electron chi connectivity index (χ2n) is 5.65. The van der Waals surface area contributed by atoms with Crippen molar-refractivity contribution < 1.29 is 14.7 Å². The Kier molecular flexibility index (Phi) is 4.22. The number of hydrogen-bond donors (Lipinski definition) is 3. The van der Waals surface area contributed by atoms with E-state index in [-0.39, 0.29) is 23.8 Å². The first kappa shape index (κ1) is 13.3. The minimum absolute atomic E-state index is 0.0372. The zero-order valence-electron chi connectivity index (χ0n) is 10.8. The summed E-state index contributed by atoms with van der Waals surface area (Å²) in [6, 6.07) is 0.0418. The molecule has 0 radical (unpaired) electrons. The highest BCUT2D eigenvalue weighted by atomic mass is 16.4. The summed E-state index contributed by atoms with van der Waals surface area (Å²) in [5.41, 5.74) is 0. The van der Waals surface area contributed by atoms with Crippen LogP contribution in [0.1, 0.15) is 32.6 Å². The van der Waals surface area contributed by atoms with Crippen LogP contribution in [0.4, 0.5) is 0 Å². The molecule has 0 bridgehead atoms. The van der Waals surface area contributed by atoms with Crippen LogP contribution in [0.25, 0.3) is 0 Å². The van der Waals surface area contributed by atoms with Crippen molar-refractivity contribution in [2.45, 2.75) is 38.6 Å². The Morgan fingerprint density at radius 2 is 2.06 bits per heavy atom. The molecule has 0 aromatic carbocycles. The summed E-state index contributed by atoms with van der Waals surface area (Å²) in [7, 11) is 0. The number of carboxylic acid groups (broad SMARTS) is 1. The molecule has 0 aromatic heterocycles. The standard InChI is InChI=1S/C13H22N2O3/c1-8-6-14-7-11(8)12(16)15-10-4-2-3-9(5-10)13(17)18/h8-11,14H,2-7H2,1H3,(H,15,16)(H,17,18). The van der Waals surface area contributed by atoms with Gasteiger partial charge in [0.15, 0.2) is 0 Å². The molecule has 18 heavy (non-hydrogen) atoms. The van der Waals surface area contributed by atoms with E-state index >= 15 is 0 Å². The molecule has 1 amide bonds. The second-order valence-corrected chi connectivity index (χ2v) is 5.65. The lowest BCUT2D eigenvalue weighted by Crippen LogP contribution is -2.44. The van der Waals surface area contributed by atoms with Crippen molar-refractivity contribution in [1.82, 2.24) is 10.6 Å². The number of carbonyl (C=O) groups is 2. The summed E-state index contributed by atoms with van der Waals surface area (Å²) < 4.78 is 0. The van der Waals surface area contributed by atoms with E-state index < -0.39 is 5.97 Å². The summed E-state index contributed by atoms with van der Waals surface area (Å²) in [6.45, 7) is 3.70. The Morgan fingerprint density at radius 3 is 2.67 bits per heavy atom. The van der Waals surface area contributed by atoms with Gasteiger partial charge in [-0.25, -0.2) is 0 Å². The van der Waals surface area contributed by atoms with Gasteiger partial charge in [0.2, 0.25) is 5.91 Å². The highest BCUT2D eigenvalue weighted by Crippen LogP contribution is 2.25. The molecule has 5 heteroatoms. The Bertz CT molecular complexity index is 332. The summed E-state index contributed by atoms with van der Waals surface area (Å²) in [4.78, 5) is 23.1. The van der Waals surface area contributed by atoms with Crippen LogP contribution in [-0.4, -0.2) is 36.1 Å². The molecule has 4 atom stereocenters. The maximum atomic E-state index is 12.1. The van der Waals surface area contributed by atoms with E-state index in [1.807, 2.05) is 0 Å². The van der Waals surface area contributed by atoms with Crippen molar-refractivity contribution in [3.8, 4) is 0 Å². The molecule has 2 fully saturated rings. The molecule has 1 saturated carbocycles. The minimum atomic E-state index is -0.732. The largest absolute Gasteiger partial charge is 0.481 e. The number of carboxylic acids is 1. The predicted molar refractivity (Wildman–Crippen MR) is 67.0 cm³/mol. The van der Waals surface area contributed by atoms with E-state index in [0.29, 0.717) is 12.3 Å². The quantitative estimate of drug-likeness (QED) is 0.689. The van der Waals surface area contributed by atoms with Crippen LogP contribution in [0.2, 0.25) is 0 Å². The molecular formula is C13H22N2O3. The number of carbonyl (C=O) groups excluding carboxylic acids is 1. The van der Waals surface area contributed by atoms with Crippen molar-refractivity contribution in [3.63, 3.8) is 0 Å². The SMILES string of the molecule is CC1CNCC1C(=O)NC1CCCC(C(=O)O)C1. The fourth-order valence-electron chi connectivity index (χ4n) is 3.01. The number of aliphatic carboxylic acids is 1. The maximum Gasteiger partial charge on any atom is 0.306 e.